The van der Waals surface area contributed by atoms with Gasteiger partial charge < -0.3 is 10.1 Å². The van der Waals surface area contributed by atoms with Crippen molar-refractivity contribution in [3.05, 3.63) is 0 Å². The lowest BCUT2D eigenvalue weighted by molar-refractivity contribution is -0.176. The summed E-state index contributed by atoms with van der Waals surface area (Å²) in [5.74, 6) is -4.59. The minimum Gasteiger partial charge on any atom is -0.464 e. The van der Waals surface area contributed by atoms with Gasteiger partial charge in [-0.1, -0.05) is 0 Å². The van der Waals surface area contributed by atoms with Crippen molar-refractivity contribution in [3.63, 3.8) is 0 Å². The van der Waals surface area contributed by atoms with Crippen molar-refractivity contribution >= 4 is 29.3 Å². The van der Waals surface area contributed by atoms with E-state index in [2.05, 4.69) is 4.74 Å². The average molecular weight is 290 g/mol. The molecule has 104 valence electrons. The highest BCUT2D eigenvalue weighted by molar-refractivity contribution is 6.27. The molecule has 0 aromatic rings. The Hall–Kier alpha value is -1.31. The van der Waals surface area contributed by atoms with E-state index in [0.29, 0.717) is 0 Å². The lowest BCUT2D eigenvalue weighted by Crippen LogP contribution is -2.48. The van der Waals surface area contributed by atoms with Gasteiger partial charge in [-0.05, 0) is 6.92 Å². The van der Waals surface area contributed by atoms with Crippen molar-refractivity contribution in [2.45, 2.75) is 25.6 Å². The van der Waals surface area contributed by atoms with Gasteiger partial charge in [0.25, 0.3) is 0 Å². The molecule has 0 aliphatic carbocycles. The Morgan fingerprint density at radius 2 is 1.89 bits per heavy atom. The SMILES string of the molecule is CCOC(=O)[C@H](CC(=O)CCl)NC(=O)C(F)(F)F. The molecule has 0 bridgehead atoms. The Labute approximate surface area is 106 Å². The Balaban J connectivity index is 4.72. The monoisotopic (exact) mass is 289 g/mol. The van der Waals surface area contributed by atoms with Crippen LogP contribution in [0.25, 0.3) is 0 Å². The van der Waals surface area contributed by atoms with Crippen LogP contribution in [0.4, 0.5) is 13.2 Å². The summed E-state index contributed by atoms with van der Waals surface area (Å²) in [6, 6.07) is -1.69. The topological polar surface area (TPSA) is 72.5 Å². The van der Waals surface area contributed by atoms with Crippen LogP contribution in [-0.2, 0) is 19.1 Å². The molecule has 0 saturated heterocycles. The van der Waals surface area contributed by atoms with Gasteiger partial charge in [0.05, 0.1) is 12.5 Å². The van der Waals surface area contributed by atoms with Gasteiger partial charge in [0.2, 0.25) is 0 Å². The number of ketones is 1. The van der Waals surface area contributed by atoms with Crippen LogP contribution in [0, 0.1) is 0 Å². The summed E-state index contributed by atoms with van der Waals surface area (Å²) in [6.45, 7) is 1.34. The van der Waals surface area contributed by atoms with Crippen LogP contribution in [0.3, 0.4) is 0 Å². The van der Waals surface area contributed by atoms with E-state index in [4.69, 9.17) is 11.6 Å². The Bertz CT molecular complexity index is 332. The number of carbonyl (C=O) groups excluding carboxylic acids is 3. The predicted octanol–water partition coefficient (Wildman–Crippen LogP) is 0.795. The third kappa shape index (κ3) is 5.85. The first-order valence-electron chi connectivity index (χ1n) is 4.84. The van der Waals surface area contributed by atoms with Gasteiger partial charge >= 0.3 is 18.1 Å². The number of nitrogens with one attached hydrogen (secondary N) is 1. The van der Waals surface area contributed by atoms with E-state index in [1.54, 1.807) is 0 Å². The standard InChI is InChI=1S/C9H11ClF3NO4/c1-2-18-7(16)6(3-5(15)4-10)14-8(17)9(11,12)13/h6H,2-4H2,1H3,(H,14,17)/t6-/m0/s1. The second kappa shape index (κ2) is 7.20. The Morgan fingerprint density at radius 1 is 1.33 bits per heavy atom. The molecular formula is C9H11ClF3NO4. The summed E-state index contributed by atoms with van der Waals surface area (Å²) in [5, 5.41) is 1.39. The van der Waals surface area contributed by atoms with Gasteiger partial charge in [0.1, 0.15) is 11.8 Å². The molecule has 0 saturated carbocycles. The second-order valence-corrected chi connectivity index (χ2v) is 3.42. The number of rotatable bonds is 6. The van der Waals surface area contributed by atoms with E-state index in [-0.39, 0.29) is 6.61 Å². The van der Waals surface area contributed by atoms with E-state index in [9.17, 15) is 27.6 Å². The fourth-order valence-corrected chi connectivity index (χ4v) is 1.07. The molecule has 0 aliphatic rings. The fraction of sp³-hybridized carbons (Fsp3) is 0.667. The van der Waals surface area contributed by atoms with Crippen molar-refractivity contribution in [1.82, 2.24) is 5.32 Å². The fourth-order valence-electron chi connectivity index (χ4n) is 0.958. The molecule has 0 unspecified atom stereocenters. The van der Waals surface area contributed by atoms with E-state index >= 15 is 0 Å². The highest BCUT2D eigenvalue weighted by Crippen LogP contribution is 2.15. The van der Waals surface area contributed by atoms with Crippen LogP contribution in [0.2, 0.25) is 0 Å². The molecule has 0 rings (SSSR count). The number of hydrogen-bond acceptors (Lipinski definition) is 4. The molecule has 0 fully saturated rings. The number of carbonyl (C=O) groups is 3. The van der Waals surface area contributed by atoms with Crippen molar-refractivity contribution < 1.29 is 32.3 Å². The zero-order valence-corrected chi connectivity index (χ0v) is 10.1. The molecule has 1 amide bonds. The van der Waals surface area contributed by atoms with Crippen molar-refractivity contribution in [2.24, 2.45) is 0 Å². The Morgan fingerprint density at radius 3 is 2.28 bits per heavy atom. The number of Topliss-reactive ketones (excluding diaryl/α,β-unsaturated/α-hetero) is 1. The van der Waals surface area contributed by atoms with Crippen LogP contribution in [0.1, 0.15) is 13.3 Å². The number of amides is 1. The number of esters is 1. The van der Waals surface area contributed by atoms with E-state index < -0.39 is 42.2 Å². The van der Waals surface area contributed by atoms with E-state index in [1.807, 2.05) is 0 Å². The second-order valence-electron chi connectivity index (χ2n) is 3.15. The molecule has 5 nitrogen and oxygen atoms in total. The zero-order chi connectivity index (χ0) is 14.3. The van der Waals surface area contributed by atoms with Crippen LogP contribution in [0.5, 0.6) is 0 Å². The van der Waals surface area contributed by atoms with Crippen LogP contribution in [-0.4, -0.2) is 42.4 Å². The van der Waals surface area contributed by atoms with Gasteiger partial charge in [0.15, 0.2) is 0 Å². The maximum absolute atomic E-state index is 12.0. The highest BCUT2D eigenvalue weighted by atomic mass is 35.5. The lowest BCUT2D eigenvalue weighted by Gasteiger charge is -2.17. The van der Waals surface area contributed by atoms with Crippen LogP contribution in [0.15, 0.2) is 0 Å². The number of hydrogen-bond donors (Lipinski definition) is 1. The maximum atomic E-state index is 12.0. The highest BCUT2D eigenvalue weighted by Gasteiger charge is 2.41. The van der Waals surface area contributed by atoms with Crippen molar-refractivity contribution in [1.29, 1.82) is 0 Å². The van der Waals surface area contributed by atoms with Gasteiger partial charge in [-0.15, -0.1) is 11.6 Å². The summed E-state index contributed by atoms with van der Waals surface area (Å²) >= 11 is 5.17. The minimum atomic E-state index is -5.14. The number of halogens is 4. The summed E-state index contributed by atoms with van der Waals surface area (Å²) in [5.41, 5.74) is 0. The molecule has 18 heavy (non-hydrogen) atoms. The molecule has 9 heteroatoms. The van der Waals surface area contributed by atoms with Crippen molar-refractivity contribution in [2.75, 3.05) is 12.5 Å². The molecule has 0 radical (unpaired) electrons. The first-order valence-corrected chi connectivity index (χ1v) is 5.37. The van der Waals surface area contributed by atoms with Crippen LogP contribution < -0.4 is 5.32 Å². The summed E-state index contributed by atoms with van der Waals surface area (Å²) in [7, 11) is 0. The third-order valence-electron chi connectivity index (χ3n) is 1.71. The molecule has 0 aromatic heterocycles. The van der Waals surface area contributed by atoms with E-state index in [0.717, 1.165) is 0 Å². The Kier molecular flexibility index (Phi) is 6.67. The summed E-state index contributed by atoms with van der Waals surface area (Å²) in [6.07, 6.45) is -5.79. The zero-order valence-electron chi connectivity index (χ0n) is 9.34. The number of alkyl halides is 4. The lowest BCUT2D eigenvalue weighted by atomic mass is 10.1. The molecule has 1 atom stereocenters. The smallest absolute Gasteiger partial charge is 0.464 e. The minimum absolute atomic E-state index is 0.0910. The normalized spacial score (nSPS) is 12.7. The molecular weight excluding hydrogens is 279 g/mol. The number of ether oxygens (including phenoxy) is 1. The van der Waals surface area contributed by atoms with Gasteiger partial charge in [0, 0.05) is 6.42 Å². The molecule has 0 aromatic carbocycles. The molecule has 1 N–H and O–H groups in total. The van der Waals surface area contributed by atoms with Gasteiger partial charge in [-0.25, -0.2) is 4.79 Å². The molecule has 0 spiro atoms. The quantitative estimate of drug-likeness (QED) is 0.580. The summed E-state index contributed by atoms with van der Waals surface area (Å²) in [4.78, 5) is 32.9. The van der Waals surface area contributed by atoms with E-state index in [1.165, 1.54) is 12.2 Å². The van der Waals surface area contributed by atoms with Gasteiger partial charge in [-0.2, -0.15) is 13.2 Å². The summed E-state index contributed by atoms with van der Waals surface area (Å²) < 4.78 is 40.5. The van der Waals surface area contributed by atoms with Gasteiger partial charge in [-0.3, -0.25) is 9.59 Å². The average Bonchev–Trinajstić information content (AvgIpc) is 2.26. The maximum Gasteiger partial charge on any atom is 0.471 e. The molecule has 0 aliphatic heterocycles. The largest absolute Gasteiger partial charge is 0.471 e. The van der Waals surface area contributed by atoms with Crippen molar-refractivity contribution in [3.8, 4) is 0 Å². The first-order chi connectivity index (χ1) is 8.22. The third-order valence-corrected chi connectivity index (χ3v) is 2.01. The molecule has 0 heterocycles. The first kappa shape index (κ1) is 16.7. The van der Waals surface area contributed by atoms with Crippen LogP contribution >= 0.6 is 11.6 Å². The predicted molar refractivity (Wildman–Crippen MR) is 55.0 cm³/mol.